The van der Waals surface area contributed by atoms with Crippen LogP contribution in [-0.2, 0) is 6.42 Å². The molecule has 3 nitrogen and oxygen atoms in total. The number of piperidine rings is 1. The average molecular weight is 330 g/mol. The maximum atomic E-state index is 6.30. The Hall–Kier alpha value is -0.320. The molecule has 1 aromatic rings. The highest BCUT2D eigenvalue weighted by Gasteiger charge is 2.35. The van der Waals surface area contributed by atoms with Crippen molar-refractivity contribution in [2.45, 2.75) is 51.1 Å². The molecule has 1 heterocycles. The molecule has 0 spiro atoms. The van der Waals surface area contributed by atoms with Crippen LogP contribution < -0.4 is 11.3 Å². The van der Waals surface area contributed by atoms with E-state index in [1.165, 1.54) is 19.3 Å². The number of nitrogens with zero attached hydrogens (tertiary/aromatic N) is 1. The summed E-state index contributed by atoms with van der Waals surface area (Å²) >= 11 is 12.3. The van der Waals surface area contributed by atoms with Crippen molar-refractivity contribution in [1.82, 2.24) is 10.3 Å². The van der Waals surface area contributed by atoms with Gasteiger partial charge in [-0.1, -0.05) is 35.7 Å². The summed E-state index contributed by atoms with van der Waals surface area (Å²) in [6.07, 6.45) is 4.65. The van der Waals surface area contributed by atoms with Crippen LogP contribution in [0.15, 0.2) is 18.2 Å². The molecule has 1 unspecified atom stereocenters. The zero-order chi connectivity index (χ0) is 15.5. The van der Waals surface area contributed by atoms with E-state index in [-0.39, 0.29) is 11.6 Å². The number of halogens is 2. The highest BCUT2D eigenvalue weighted by Crippen LogP contribution is 2.28. The Balaban J connectivity index is 2.14. The van der Waals surface area contributed by atoms with Gasteiger partial charge in [0.1, 0.15) is 0 Å². The van der Waals surface area contributed by atoms with E-state index in [1.807, 2.05) is 12.1 Å². The van der Waals surface area contributed by atoms with Crippen molar-refractivity contribution < 1.29 is 0 Å². The van der Waals surface area contributed by atoms with Gasteiger partial charge in [0.2, 0.25) is 0 Å². The number of nitrogens with one attached hydrogen (secondary N) is 1. The molecule has 21 heavy (non-hydrogen) atoms. The Kier molecular flexibility index (Phi) is 5.92. The fraction of sp³-hybridized carbons (Fsp3) is 0.625. The van der Waals surface area contributed by atoms with Crippen LogP contribution in [0, 0.1) is 0 Å². The van der Waals surface area contributed by atoms with E-state index in [2.05, 4.69) is 24.2 Å². The predicted octanol–water partition coefficient (Wildman–Crippen LogP) is 3.63. The van der Waals surface area contributed by atoms with Gasteiger partial charge in [0.15, 0.2) is 0 Å². The van der Waals surface area contributed by atoms with Crippen LogP contribution in [0.4, 0.5) is 0 Å². The first kappa shape index (κ1) is 17.0. The van der Waals surface area contributed by atoms with Gasteiger partial charge in [-0.2, -0.15) is 0 Å². The molecule has 1 aliphatic rings. The molecule has 0 aliphatic carbocycles. The fourth-order valence-electron chi connectivity index (χ4n) is 3.11. The first-order valence-electron chi connectivity index (χ1n) is 7.60. The molecule has 1 atom stereocenters. The third kappa shape index (κ3) is 4.11. The Bertz CT molecular complexity index is 471. The Labute approximate surface area is 137 Å². The topological polar surface area (TPSA) is 41.3 Å². The van der Waals surface area contributed by atoms with Crippen molar-refractivity contribution in [2.75, 3.05) is 13.1 Å². The smallest absolute Gasteiger partial charge is 0.0453 e. The zero-order valence-corrected chi connectivity index (χ0v) is 14.3. The van der Waals surface area contributed by atoms with Crippen LogP contribution in [-0.4, -0.2) is 29.6 Å². The van der Waals surface area contributed by atoms with Gasteiger partial charge in [-0.3, -0.25) is 16.2 Å². The molecule has 0 amide bonds. The first-order valence-corrected chi connectivity index (χ1v) is 8.36. The molecule has 1 fully saturated rings. The number of likely N-dealkylation sites (tertiary alicyclic amines) is 1. The first-order chi connectivity index (χ1) is 9.95. The summed E-state index contributed by atoms with van der Waals surface area (Å²) in [4.78, 5) is 2.53. The number of rotatable bonds is 5. The number of hydrogen-bond donors (Lipinski definition) is 2. The minimum atomic E-state index is -0.0157. The lowest BCUT2D eigenvalue weighted by molar-refractivity contribution is 0.0611. The standard InChI is InChI=1S/C16H25Cl2N3/c1-16(2,21-8-4-3-5-9-21)15(20-19)10-12-6-7-13(17)11-14(12)18/h6-7,11,15,20H,3-5,8-10,19H2,1-2H3. The second-order valence-corrected chi connectivity index (χ2v) is 7.20. The summed E-state index contributed by atoms with van der Waals surface area (Å²) in [5.41, 5.74) is 4.06. The second kappa shape index (κ2) is 7.30. The Morgan fingerprint density at radius 2 is 1.90 bits per heavy atom. The van der Waals surface area contributed by atoms with E-state index < -0.39 is 0 Å². The van der Waals surface area contributed by atoms with Gasteiger partial charge in [-0.15, -0.1) is 0 Å². The van der Waals surface area contributed by atoms with E-state index in [4.69, 9.17) is 29.0 Å². The Morgan fingerprint density at radius 3 is 2.48 bits per heavy atom. The summed E-state index contributed by atoms with van der Waals surface area (Å²) in [5.74, 6) is 5.85. The minimum Gasteiger partial charge on any atom is -0.297 e. The van der Waals surface area contributed by atoms with Gasteiger partial charge in [-0.05, 0) is 63.9 Å². The molecule has 118 valence electrons. The van der Waals surface area contributed by atoms with Gasteiger partial charge in [0, 0.05) is 21.6 Å². The van der Waals surface area contributed by atoms with Crippen LogP contribution in [0.3, 0.4) is 0 Å². The molecule has 5 heteroatoms. The van der Waals surface area contributed by atoms with Crippen molar-refractivity contribution in [3.63, 3.8) is 0 Å². The van der Waals surface area contributed by atoms with Crippen molar-refractivity contribution in [2.24, 2.45) is 5.84 Å². The van der Waals surface area contributed by atoms with E-state index in [1.54, 1.807) is 6.07 Å². The average Bonchev–Trinajstić information content (AvgIpc) is 2.47. The molecule has 3 N–H and O–H groups in total. The van der Waals surface area contributed by atoms with Crippen LogP contribution in [0.5, 0.6) is 0 Å². The molecule has 1 aromatic carbocycles. The highest BCUT2D eigenvalue weighted by molar-refractivity contribution is 6.35. The molecular formula is C16H25Cl2N3. The zero-order valence-electron chi connectivity index (χ0n) is 12.8. The van der Waals surface area contributed by atoms with E-state index >= 15 is 0 Å². The highest BCUT2D eigenvalue weighted by atomic mass is 35.5. The molecule has 2 rings (SSSR count). The van der Waals surface area contributed by atoms with Crippen LogP contribution in [0.2, 0.25) is 10.0 Å². The van der Waals surface area contributed by atoms with Gasteiger partial charge in [0.05, 0.1) is 0 Å². The van der Waals surface area contributed by atoms with Crippen LogP contribution in [0.25, 0.3) is 0 Å². The molecule has 0 aromatic heterocycles. The van der Waals surface area contributed by atoms with Crippen LogP contribution >= 0.6 is 23.2 Å². The quantitative estimate of drug-likeness (QED) is 0.640. The van der Waals surface area contributed by atoms with Gasteiger partial charge in [-0.25, -0.2) is 0 Å². The number of benzene rings is 1. The van der Waals surface area contributed by atoms with Gasteiger partial charge in [0.25, 0.3) is 0 Å². The fourth-order valence-corrected chi connectivity index (χ4v) is 3.60. The summed E-state index contributed by atoms with van der Waals surface area (Å²) in [6.45, 7) is 6.79. The Morgan fingerprint density at radius 1 is 1.24 bits per heavy atom. The largest absolute Gasteiger partial charge is 0.297 e. The SMILES string of the molecule is CC(C)(C(Cc1ccc(Cl)cc1Cl)NN)N1CCCCC1. The van der Waals surface area contributed by atoms with Gasteiger partial charge >= 0.3 is 0 Å². The number of hydrazine groups is 1. The molecule has 0 saturated carbocycles. The van der Waals surface area contributed by atoms with Crippen molar-refractivity contribution in [3.05, 3.63) is 33.8 Å². The van der Waals surface area contributed by atoms with Crippen molar-refractivity contribution >= 4 is 23.2 Å². The van der Waals surface area contributed by atoms with Crippen LogP contribution in [0.1, 0.15) is 38.7 Å². The summed E-state index contributed by atoms with van der Waals surface area (Å²) in [7, 11) is 0. The summed E-state index contributed by atoms with van der Waals surface area (Å²) < 4.78 is 0. The maximum absolute atomic E-state index is 6.30. The molecule has 1 aliphatic heterocycles. The second-order valence-electron chi connectivity index (χ2n) is 6.36. The molecule has 1 saturated heterocycles. The minimum absolute atomic E-state index is 0.0157. The lowest BCUT2D eigenvalue weighted by atomic mass is 9.86. The van der Waals surface area contributed by atoms with E-state index in [0.717, 1.165) is 25.1 Å². The molecular weight excluding hydrogens is 305 g/mol. The third-order valence-electron chi connectivity index (χ3n) is 4.66. The van der Waals surface area contributed by atoms with Gasteiger partial charge < -0.3 is 0 Å². The lowest BCUT2D eigenvalue weighted by Crippen LogP contribution is -2.61. The van der Waals surface area contributed by atoms with E-state index in [0.29, 0.717) is 10.0 Å². The van der Waals surface area contributed by atoms with Crippen molar-refractivity contribution in [3.8, 4) is 0 Å². The normalized spacial score (nSPS) is 18.7. The predicted molar refractivity (Wildman–Crippen MR) is 90.8 cm³/mol. The van der Waals surface area contributed by atoms with E-state index in [9.17, 15) is 0 Å². The number of hydrogen-bond acceptors (Lipinski definition) is 3. The number of nitrogens with two attached hydrogens (primary N) is 1. The summed E-state index contributed by atoms with van der Waals surface area (Å²) in [5, 5.41) is 1.37. The summed E-state index contributed by atoms with van der Waals surface area (Å²) in [6, 6.07) is 5.79. The molecule has 0 radical (unpaired) electrons. The maximum Gasteiger partial charge on any atom is 0.0453 e. The lowest BCUT2D eigenvalue weighted by Gasteiger charge is -2.46. The van der Waals surface area contributed by atoms with Crippen molar-refractivity contribution in [1.29, 1.82) is 0 Å². The monoisotopic (exact) mass is 329 g/mol. The molecule has 0 bridgehead atoms. The third-order valence-corrected chi connectivity index (χ3v) is 5.25.